The van der Waals surface area contributed by atoms with Gasteiger partial charge in [-0.05, 0) is 13.8 Å². The lowest BCUT2D eigenvalue weighted by molar-refractivity contribution is -0.195. The molecule has 1 atom stereocenters. The van der Waals surface area contributed by atoms with Crippen molar-refractivity contribution < 1.29 is 26.6 Å². The summed E-state index contributed by atoms with van der Waals surface area (Å²) in [6, 6.07) is 0. The first-order valence-corrected chi connectivity index (χ1v) is 5.00. The minimum atomic E-state index is -4.53. The lowest BCUT2D eigenvalue weighted by Crippen LogP contribution is -2.39. The molecule has 0 fully saturated rings. The van der Waals surface area contributed by atoms with Crippen molar-refractivity contribution in [1.82, 2.24) is 0 Å². The topological polar surface area (TPSA) is 82.1 Å². The third-order valence-corrected chi connectivity index (χ3v) is 1.70. The van der Waals surface area contributed by atoms with Crippen molar-refractivity contribution in [2.75, 3.05) is 20.3 Å². The Morgan fingerprint density at radius 1 is 1.46 bits per heavy atom. The lowest BCUT2D eigenvalue weighted by Gasteiger charge is -2.26. The summed E-state index contributed by atoms with van der Waals surface area (Å²) in [5.74, 6) is -1.48. The molecule has 7 heteroatoms. The van der Waals surface area contributed by atoms with Crippen molar-refractivity contribution in [1.29, 1.82) is 0 Å². The molecular formula is C6H14O6S. The monoisotopic (exact) mass is 214 g/mol. The SMILES string of the molecule is CCOC(C)(COC)OS(=O)(=O)O. The molecule has 0 radical (unpaired) electrons. The van der Waals surface area contributed by atoms with E-state index in [1.807, 2.05) is 0 Å². The average Bonchev–Trinajstić information content (AvgIpc) is 1.82. The Kier molecular flexibility index (Phi) is 4.79. The summed E-state index contributed by atoms with van der Waals surface area (Å²) >= 11 is 0. The third kappa shape index (κ3) is 5.94. The van der Waals surface area contributed by atoms with E-state index >= 15 is 0 Å². The first-order chi connectivity index (χ1) is 5.83. The zero-order valence-corrected chi connectivity index (χ0v) is 8.63. The van der Waals surface area contributed by atoms with Crippen LogP contribution < -0.4 is 0 Å². The van der Waals surface area contributed by atoms with Gasteiger partial charge in [0.2, 0.25) is 5.79 Å². The summed E-state index contributed by atoms with van der Waals surface area (Å²) in [6.07, 6.45) is 0. The third-order valence-electron chi connectivity index (χ3n) is 1.14. The first-order valence-electron chi connectivity index (χ1n) is 3.64. The van der Waals surface area contributed by atoms with Crippen LogP contribution in [-0.2, 0) is 24.1 Å². The van der Waals surface area contributed by atoms with Gasteiger partial charge in [-0.2, -0.15) is 8.42 Å². The van der Waals surface area contributed by atoms with E-state index in [1.165, 1.54) is 14.0 Å². The predicted molar refractivity (Wildman–Crippen MR) is 44.5 cm³/mol. The Hall–Kier alpha value is -0.210. The highest BCUT2D eigenvalue weighted by Crippen LogP contribution is 2.15. The Morgan fingerprint density at radius 3 is 2.31 bits per heavy atom. The highest BCUT2D eigenvalue weighted by atomic mass is 32.3. The molecule has 0 aromatic heterocycles. The van der Waals surface area contributed by atoms with Crippen molar-refractivity contribution in [2.45, 2.75) is 19.6 Å². The van der Waals surface area contributed by atoms with Gasteiger partial charge in [0.25, 0.3) is 0 Å². The number of rotatable bonds is 6. The minimum absolute atomic E-state index is 0.0966. The van der Waals surface area contributed by atoms with Crippen LogP contribution in [0.5, 0.6) is 0 Å². The first kappa shape index (κ1) is 12.8. The van der Waals surface area contributed by atoms with Gasteiger partial charge in [0.15, 0.2) is 0 Å². The van der Waals surface area contributed by atoms with E-state index in [-0.39, 0.29) is 13.2 Å². The zero-order chi connectivity index (χ0) is 10.5. The van der Waals surface area contributed by atoms with Gasteiger partial charge in [-0.15, -0.1) is 0 Å². The van der Waals surface area contributed by atoms with Crippen molar-refractivity contribution in [3.63, 3.8) is 0 Å². The summed E-state index contributed by atoms with van der Waals surface area (Å²) in [6.45, 7) is 3.17. The highest BCUT2D eigenvalue weighted by molar-refractivity contribution is 7.80. The van der Waals surface area contributed by atoms with Gasteiger partial charge in [0.1, 0.15) is 6.61 Å². The van der Waals surface area contributed by atoms with Gasteiger partial charge in [-0.1, -0.05) is 0 Å². The van der Waals surface area contributed by atoms with Crippen LogP contribution in [0.4, 0.5) is 0 Å². The second-order valence-corrected chi connectivity index (χ2v) is 3.53. The van der Waals surface area contributed by atoms with E-state index in [0.717, 1.165) is 0 Å². The molecule has 1 unspecified atom stereocenters. The van der Waals surface area contributed by atoms with E-state index in [0.29, 0.717) is 0 Å². The lowest BCUT2D eigenvalue weighted by atomic mass is 10.3. The molecule has 0 heterocycles. The molecule has 13 heavy (non-hydrogen) atoms. The Bertz CT molecular complexity index is 228. The number of methoxy groups -OCH3 is 1. The second kappa shape index (κ2) is 4.87. The van der Waals surface area contributed by atoms with Crippen molar-refractivity contribution in [3.8, 4) is 0 Å². The fourth-order valence-electron chi connectivity index (χ4n) is 0.880. The van der Waals surface area contributed by atoms with E-state index in [2.05, 4.69) is 8.92 Å². The number of ether oxygens (including phenoxy) is 2. The summed E-state index contributed by atoms with van der Waals surface area (Å²) in [7, 11) is -3.17. The molecule has 0 aliphatic rings. The maximum absolute atomic E-state index is 10.4. The smallest absolute Gasteiger partial charge is 0.379 e. The summed E-state index contributed by atoms with van der Waals surface area (Å²) in [4.78, 5) is 0. The Labute approximate surface area is 77.7 Å². The van der Waals surface area contributed by atoms with Crippen LogP contribution in [0.1, 0.15) is 13.8 Å². The molecular weight excluding hydrogens is 200 g/mol. The highest BCUT2D eigenvalue weighted by Gasteiger charge is 2.31. The summed E-state index contributed by atoms with van der Waals surface area (Å²) < 4.78 is 43.1. The van der Waals surface area contributed by atoms with Crippen LogP contribution >= 0.6 is 0 Å². The van der Waals surface area contributed by atoms with Gasteiger partial charge in [-0.25, -0.2) is 4.18 Å². The summed E-state index contributed by atoms with van der Waals surface area (Å²) in [5.41, 5.74) is 0. The minimum Gasteiger partial charge on any atom is -0.379 e. The predicted octanol–water partition coefficient (Wildman–Crippen LogP) is 0.205. The van der Waals surface area contributed by atoms with Crippen molar-refractivity contribution in [3.05, 3.63) is 0 Å². The normalized spacial score (nSPS) is 16.9. The van der Waals surface area contributed by atoms with Crippen LogP contribution in [0.15, 0.2) is 0 Å². The molecule has 80 valence electrons. The van der Waals surface area contributed by atoms with Gasteiger partial charge in [0.05, 0.1) is 0 Å². The van der Waals surface area contributed by atoms with Gasteiger partial charge in [-0.3, -0.25) is 4.55 Å². The molecule has 6 nitrogen and oxygen atoms in total. The molecule has 0 saturated heterocycles. The van der Waals surface area contributed by atoms with Gasteiger partial charge in [0, 0.05) is 13.7 Å². The number of hydrogen-bond donors (Lipinski definition) is 1. The Morgan fingerprint density at radius 2 is 2.00 bits per heavy atom. The Balaban J connectivity index is 4.40. The molecule has 0 bridgehead atoms. The maximum Gasteiger partial charge on any atom is 0.400 e. The van der Waals surface area contributed by atoms with Crippen LogP contribution in [0.25, 0.3) is 0 Å². The second-order valence-electron chi connectivity index (χ2n) is 2.51. The molecule has 0 rings (SSSR count). The fraction of sp³-hybridized carbons (Fsp3) is 1.00. The maximum atomic E-state index is 10.4. The largest absolute Gasteiger partial charge is 0.400 e. The van der Waals surface area contributed by atoms with Crippen LogP contribution in [0.2, 0.25) is 0 Å². The van der Waals surface area contributed by atoms with E-state index < -0.39 is 16.2 Å². The standard InChI is InChI=1S/C6H14O6S/c1-4-11-6(2,5-10-3)12-13(7,8)9/h4-5H2,1-3H3,(H,7,8,9). The average molecular weight is 214 g/mol. The van der Waals surface area contributed by atoms with Crippen LogP contribution in [0, 0.1) is 0 Å². The molecule has 0 spiro atoms. The van der Waals surface area contributed by atoms with Crippen LogP contribution in [0.3, 0.4) is 0 Å². The van der Waals surface area contributed by atoms with Crippen molar-refractivity contribution >= 4 is 10.4 Å². The molecule has 0 saturated carbocycles. The van der Waals surface area contributed by atoms with Crippen LogP contribution in [-0.4, -0.2) is 39.1 Å². The fourth-order valence-corrected chi connectivity index (χ4v) is 1.42. The summed E-state index contributed by atoms with van der Waals surface area (Å²) in [5, 5.41) is 0. The number of hydrogen-bond acceptors (Lipinski definition) is 5. The molecule has 0 aromatic carbocycles. The molecule has 0 amide bonds. The van der Waals surface area contributed by atoms with E-state index in [4.69, 9.17) is 9.29 Å². The van der Waals surface area contributed by atoms with Gasteiger partial charge >= 0.3 is 10.4 Å². The van der Waals surface area contributed by atoms with E-state index in [1.54, 1.807) is 6.92 Å². The quantitative estimate of drug-likeness (QED) is 0.502. The van der Waals surface area contributed by atoms with Crippen molar-refractivity contribution in [2.24, 2.45) is 0 Å². The molecule has 1 N–H and O–H groups in total. The van der Waals surface area contributed by atoms with E-state index in [9.17, 15) is 8.42 Å². The zero-order valence-electron chi connectivity index (χ0n) is 7.81. The molecule has 0 aliphatic heterocycles. The molecule has 0 aliphatic carbocycles. The van der Waals surface area contributed by atoms with Gasteiger partial charge < -0.3 is 9.47 Å². The molecule has 0 aromatic rings.